The molecule has 1 aromatic rings. The van der Waals surface area contributed by atoms with E-state index in [1.54, 1.807) is 4.90 Å². The van der Waals surface area contributed by atoms with Gasteiger partial charge in [0.1, 0.15) is 0 Å². The Morgan fingerprint density at radius 3 is 2.81 bits per heavy atom. The lowest BCUT2D eigenvalue weighted by atomic mass is 10.0. The van der Waals surface area contributed by atoms with Crippen LogP contribution in [0.5, 0.6) is 0 Å². The smallest absolute Gasteiger partial charge is 0.226 e. The molecule has 2 rings (SSSR count). The molecule has 26 heavy (non-hydrogen) atoms. The normalized spacial score (nSPS) is 17.9. The van der Waals surface area contributed by atoms with Crippen LogP contribution in [0.4, 0.5) is 5.13 Å². The van der Waals surface area contributed by atoms with Crippen molar-refractivity contribution in [2.75, 3.05) is 31.5 Å². The molecule has 0 aliphatic carbocycles. The molecular formula is C19H32N4O2S. The lowest BCUT2D eigenvalue weighted by Gasteiger charge is -2.30. The van der Waals surface area contributed by atoms with Crippen molar-refractivity contribution in [3.8, 4) is 0 Å². The van der Waals surface area contributed by atoms with Gasteiger partial charge in [0.2, 0.25) is 11.8 Å². The number of rotatable bonds is 9. The van der Waals surface area contributed by atoms with Crippen LogP contribution < -0.4 is 5.32 Å². The van der Waals surface area contributed by atoms with Crippen LogP contribution in [0.1, 0.15) is 58.6 Å². The Labute approximate surface area is 161 Å². The van der Waals surface area contributed by atoms with Gasteiger partial charge in [0, 0.05) is 44.4 Å². The highest BCUT2D eigenvalue weighted by Crippen LogP contribution is 2.21. The molecule has 1 atom stereocenters. The minimum Gasteiger partial charge on any atom is -0.343 e. The summed E-state index contributed by atoms with van der Waals surface area (Å²) >= 11 is 1.47. The molecule has 0 aromatic carbocycles. The van der Waals surface area contributed by atoms with Crippen molar-refractivity contribution in [3.63, 3.8) is 0 Å². The van der Waals surface area contributed by atoms with Crippen molar-refractivity contribution in [2.45, 2.75) is 59.4 Å². The Morgan fingerprint density at radius 2 is 2.12 bits per heavy atom. The van der Waals surface area contributed by atoms with E-state index in [0.717, 1.165) is 44.3 Å². The van der Waals surface area contributed by atoms with Crippen LogP contribution in [-0.4, -0.2) is 52.8 Å². The fourth-order valence-corrected chi connectivity index (χ4v) is 4.13. The van der Waals surface area contributed by atoms with Crippen molar-refractivity contribution in [1.82, 2.24) is 14.8 Å². The Bertz CT molecular complexity index is 586. The molecule has 0 saturated carbocycles. The zero-order valence-electron chi connectivity index (χ0n) is 16.3. The average Bonchev–Trinajstić information content (AvgIpc) is 3.02. The second-order valence-electron chi connectivity index (χ2n) is 7.09. The minimum atomic E-state index is -0.0650. The van der Waals surface area contributed by atoms with E-state index in [1.807, 2.05) is 19.2 Å². The molecule has 1 fully saturated rings. The SMILES string of the molecule is CCN(CC)C(=O)CCCC(=O)Nc1nc(CN2CCCC(C)C2)cs1. The molecule has 1 saturated heterocycles. The molecule has 1 N–H and O–H groups in total. The lowest BCUT2D eigenvalue weighted by Crippen LogP contribution is -2.33. The summed E-state index contributed by atoms with van der Waals surface area (Å²) in [6.45, 7) is 10.8. The molecule has 0 radical (unpaired) electrons. The summed E-state index contributed by atoms with van der Waals surface area (Å²) in [5.74, 6) is 0.806. The van der Waals surface area contributed by atoms with E-state index in [4.69, 9.17) is 0 Å². The third kappa shape index (κ3) is 6.68. The lowest BCUT2D eigenvalue weighted by molar-refractivity contribution is -0.130. The number of carbonyl (C=O) groups is 2. The van der Waals surface area contributed by atoms with E-state index in [9.17, 15) is 9.59 Å². The summed E-state index contributed by atoms with van der Waals surface area (Å²) in [4.78, 5) is 32.8. The maximum atomic E-state index is 12.1. The van der Waals surface area contributed by atoms with Crippen LogP contribution in [0.3, 0.4) is 0 Å². The van der Waals surface area contributed by atoms with Crippen LogP contribution >= 0.6 is 11.3 Å². The van der Waals surface area contributed by atoms with Gasteiger partial charge in [-0.05, 0) is 45.6 Å². The van der Waals surface area contributed by atoms with E-state index in [-0.39, 0.29) is 11.8 Å². The van der Waals surface area contributed by atoms with Gasteiger partial charge >= 0.3 is 0 Å². The number of nitrogens with zero attached hydrogens (tertiary/aromatic N) is 3. The van der Waals surface area contributed by atoms with Crippen LogP contribution in [-0.2, 0) is 16.1 Å². The van der Waals surface area contributed by atoms with Gasteiger partial charge in [0.15, 0.2) is 5.13 Å². The first-order chi connectivity index (χ1) is 12.5. The van der Waals surface area contributed by atoms with Gasteiger partial charge in [-0.1, -0.05) is 6.92 Å². The zero-order chi connectivity index (χ0) is 18.9. The van der Waals surface area contributed by atoms with Gasteiger partial charge < -0.3 is 10.2 Å². The van der Waals surface area contributed by atoms with Crippen molar-refractivity contribution in [3.05, 3.63) is 11.1 Å². The van der Waals surface area contributed by atoms with Gasteiger partial charge in [-0.15, -0.1) is 11.3 Å². The predicted octanol–water partition coefficient (Wildman–Crippen LogP) is 3.35. The third-order valence-electron chi connectivity index (χ3n) is 4.84. The minimum absolute atomic E-state index is 0.0650. The van der Waals surface area contributed by atoms with Gasteiger partial charge in [-0.25, -0.2) is 4.98 Å². The van der Waals surface area contributed by atoms with Crippen LogP contribution in [0.2, 0.25) is 0 Å². The summed E-state index contributed by atoms with van der Waals surface area (Å²) in [6, 6.07) is 0. The summed E-state index contributed by atoms with van der Waals surface area (Å²) in [5, 5.41) is 5.55. The van der Waals surface area contributed by atoms with Crippen molar-refractivity contribution in [1.29, 1.82) is 0 Å². The van der Waals surface area contributed by atoms with Crippen LogP contribution in [0, 0.1) is 5.92 Å². The van der Waals surface area contributed by atoms with E-state index in [2.05, 4.69) is 22.1 Å². The Morgan fingerprint density at radius 1 is 1.35 bits per heavy atom. The number of amides is 2. The molecule has 0 spiro atoms. The van der Waals surface area contributed by atoms with E-state index >= 15 is 0 Å². The summed E-state index contributed by atoms with van der Waals surface area (Å²) < 4.78 is 0. The number of thiazole rings is 1. The highest BCUT2D eigenvalue weighted by molar-refractivity contribution is 7.13. The molecule has 1 aliphatic heterocycles. The topological polar surface area (TPSA) is 65.5 Å². The number of hydrogen-bond donors (Lipinski definition) is 1. The monoisotopic (exact) mass is 380 g/mol. The standard InChI is InChI=1S/C19H32N4O2S/c1-4-23(5-2)18(25)10-6-9-17(24)21-19-20-16(14-26-19)13-22-11-7-8-15(3)12-22/h14-15H,4-13H2,1-3H3,(H,20,21,24). The van der Waals surface area contributed by atoms with Crippen LogP contribution in [0.15, 0.2) is 5.38 Å². The molecular weight excluding hydrogens is 348 g/mol. The first kappa shape index (κ1) is 20.8. The first-order valence-electron chi connectivity index (χ1n) is 9.76. The maximum absolute atomic E-state index is 12.1. The summed E-state index contributed by atoms with van der Waals surface area (Å²) in [6.07, 6.45) is 3.91. The number of hydrogen-bond acceptors (Lipinski definition) is 5. The second-order valence-corrected chi connectivity index (χ2v) is 7.95. The number of anilines is 1. The van der Waals surface area contributed by atoms with E-state index in [1.165, 1.54) is 24.2 Å². The molecule has 1 unspecified atom stereocenters. The molecule has 1 aliphatic rings. The summed E-state index contributed by atoms with van der Waals surface area (Å²) in [5.41, 5.74) is 1.02. The van der Waals surface area contributed by atoms with Crippen molar-refractivity contribution >= 4 is 28.3 Å². The fourth-order valence-electron chi connectivity index (χ4n) is 3.41. The first-order valence-corrected chi connectivity index (χ1v) is 10.6. The van der Waals surface area contributed by atoms with E-state index < -0.39 is 0 Å². The molecule has 7 heteroatoms. The zero-order valence-corrected chi connectivity index (χ0v) is 17.1. The molecule has 146 valence electrons. The number of piperidine rings is 1. The maximum Gasteiger partial charge on any atom is 0.226 e. The molecule has 0 bridgehead atoms. The van der Waals surface area contributed by atoms with Crippen molar-refractivity contribution in [2.24, 2.45) is 5.92 Å². The Kier molecular flexibility index (Phi) is 8.51. The van der Waals surface area contributed by atoms with Gasteiger partial charge in [0.25, 0.3) is 0 Å². The largest absolute Gasteiger partial charge is 0.343 e. The molecule has 2 heterocycles. The van der Waals surface area contributed by atoms with Crippen LogP contribution in [0.25, 0.3) is 0 Å². The highest BCUT2D eigenvalue weighted by atomic mass is 32.1. The summed E-state index contributed by atoms with van der Waals surface area (Å²) in [7, 11) is 0. The highest BCUT2D eigenvalue weighted by Gasteiger charge is 2.17. The quantitative estimate of drug-likeness (QED) is 0.713. The van der Waals surface area contributed by atoms with Gasteiger partial charge in [0.05, 0.1) is 5.69 Å². The predicted molar refractivity (Wildman–Crippen MR) is 106 cm³/mol. The number of nitrogens with one attached hydrogen (secondary N) is 1. The third-order valence-corrected chi connectivity index (χ3v) is 5.64. The number of aromatic nitrogens is 1. The molecule has 2 amide bonds. The number of carbonyl (C=O) groups excluding carboxylic acids is 2. The molecule has 1 aromatic heterocycles. The Hall–Kier alpha value is -1.47. The molecule has 6 nitrogen and oxygen atoms in total. The average molecular weight is 381 g/mol. The fraction of sp³-hybridized carbons (Fsp3) is 0.737. The second kappa shape index (κ2) is 10.6. The van der Waals surface area contributed by atoms with Gasteiger partial charge in [-0.3, -0.25) is 14.5 Å². The van der Waals surface area contributed by atoms with E-state index in [0.29, 0.717) is 24.4 Å². The number of likely N-dealkylation sites (tertiary alicyclic amines) is 1. The Balaban J connectivity index is 1.71. The van der Waals surface area contributed by atoms with Crippen molar-refractivity contribution < 1.29 is 9.59 Å². The van der Waals surface area contributed by atoms with Gasteiger partial charge in [-0.2, -0.15) is 0 Å².